The summed E-state index contributed by atoms with van der Waals surface area (Å²) in [5, 5.41) is 4.85. The summed E-state index contributed by atoms with van der Waals surface area (Å²) < 4.78 is 7.50. The number of hydrogen-bond donors (Lipinski definition) is 1. The third-order valence-electron chi connectivity index (χ3n) is 8.50. The number of ether oxygens (including phenoxy) is 1. The molecular weight excluding hydrogens is 574 g/mol. The largest absolute Gasteiger partial charge is 0.476 e. The lowest BCUT2D eigenvalue weighted by Gasteiger charge is -2.36. The van der Waals surface area contributed by atoms with Gasteiger partial charge >= 0.3 is 0 Å². The van der Waals surface area contributed by atoms with Gasteiger partial charge in [-0.05, 0) is 79.9 Å². The van der Waals surface area contributed by atoms with Crippen molar-refractivity contribution in [2.75, 3.05) is 50.9 Å². The quantitative estimate of drug-likeness (QED) is 0.226. The number of hydrogen-bond acceptors (Lipinski definition) is 6. The second-order valence-electron chi connectivity index (χ2n) is 11.3. The molecule has 0 atom stereocenters. The van der Waals surface area contributed by atoms with Crippen LogP contribution in [0.2, 0.25) is 0 Å². The number of aryl methyl sites for hydroxylation is 1. The standard InChI is InChI=1S/C34H40BrN5O/c1-26-22-28(24-39-18-20-40(21-19-39)31-11-9-29(35)10-12-31)32-8-5-15-36-33(32)34(26)41-25-37-30-13-16-38(17-14-30)23-27-6-3-2-4-7-27/h2-12,15,22,30,37H,13-14,16-21,23-25H2,1H3. The van der Waals surface area contributed by atoms with E-state index in [2.05, 4.69) is 110 Å². The number of nitrogens with one attached hydrogen (secondary N) is 1. The lowest BCUT2D eigenvalue weighted by molar-refractivity contribution is 0.169. The molecule has 0 aliphatic carbocycles. The average molecular weight is 615 g/mol. The van der Waals surface area contributed by atoms with E-state index < -0.39 is 0 Å². The average Bonchev–Trinajstić information content (AvgIpc) is 3.01. The van der Waals surface area contributed by atoms with Gasteiger partial charge in [-0.3, -0.25) is 20.1 Å². The van der Waals surface area contributed by atoms with Gasteiger partial charge in [-0.15, -0.1) is 0 Å². The van der Waals surface area contributed by atoms with Crippen molar-refractivity contribution in [3.63, 3.8) is 0 Å². The molecule has 6 rings (SSSR count). The molecule has 2 aliphatic heterocycles. The number of anilines is 1. The molecule has 4 aromatic rings. The van der Waals surface area contributed by atoms with Crippen molar-refractivity contribution in [3.05, 3.63) is 100 Å². The molecule has 3 heterocycles. The van der Waals surface area contributed by atoms with E-state index in [0.717, 1.165) is 86.5 Å². The Balaban J connectivity index is 1.03. The maximum absolute atomic E-state index is 6.38. The summed E-state index contributed by atoms with van der Waals surface area (Å²) in [6.45, 7) is 11.0. The van der Waals surface area contributed by atoms with Gasteiger partial charge in [0.2, 0.25) is 0 Å². The van der Waals surface area contributed by atoms with E-state index in [1.165, 1.54) is 22.2 Å². The summed E-state index contributed by atoms with van der Waals surface area (Å²) in [6, 6.07) is 26.4. The Morgan fingerprint density at radius 1 is 0.854 bits per heavy atom. The Hall–Kier alpha value is -2.97. The van der Waals surface area contributed by atoms with Crippen molar-refractivity contribution >= 4 is 32.5 Å². The molecular formula is C34H40BrN5O. The minimum Gasteiger partial charge on any atom is -0.476 e. The minimum absolute atomic E-state index is 0.483. The van der Waals surface area contributed by atoms with E-state index in [4.69, 9.17) is 9.72 Å². The molecule has 6 nitrogen and oxygen atoms in total. The lowest BCUT2D eigenvalue weighted by Crippen LogP contribution is -2.46. The van der Waals surface area contributed by atoms with Crippen LogP contribution in [0.3, 0.4) is 0 Å². The first-order valence-electron chi connectivity index (χ1n) is 14.8. The zero-order valence-corrected chi connectivity index (χ0v) is 25.5. The van der Waals surface area contributed by atoms with E-state index in [0.29, 0.717) is 12.8 Å². The number of halogens is 1. The first-order valence-corrected chi connectivity index (χ1v) is 15.6. The fourth-order valence-corrected chi connectivity index (χ4v) is 6.44. The molecule has 3 aromatic carbocycles. The van der Waals surface area contributed by atoms with Crippen LogP contribution in [0.4, 0.5) is 5.69 Å². The number of nitrogens with zero attached hydrogens (tertiary/aromatic N) is 4. The molecule has 0 spiro atoms. The number of piperidine rings is 1. The van der Waals surface area contributed by atoms with Crippen LogP contribution in [-0.4, -0.2) is 66.8 Å². The van der Waals surface area contributed by atoms with Crippen molar-refractivity contribution in [2.24, 2.45) is 0 Å². The number of benzene rings is 3. The Morgan fingerprint density at radius 3 is 2.34 bits per heavy atom. The van der Waals surface area contributed by atoms with Crippen LogP contribution in [0.25, 0.3) is 10.9 Å². The number of likely N-dealkylation sites (tertiary alicyclic amines) is 1. The maximum atomic E-state index is 6.38. The van der Waals surface area contributed by atoms with E-state index in [1.54, 1.807) is 0 Å². The highest BCUT2D eigenvalue weighted by Crippen LogP contribution is 2.32. The van der Waals surface area contributed by atoms with Crippen molar-refractivity contribution in [1.29, 1.82) is 0 Å². The molecule has 1 N–H and O–H groups in total. The summed E-state index contributed by atoms with van der Waals surface area (Å²) in [5.41, 5.74) is 6.14. The third kappa shape index (κ3) is 7.09. The van der Waals surface area contributed by atoms with E-state index >= 15 is 0 Å². The van der Waals surface area contributed by atoms with Crippen molar-refractivity contribution < 1.29 is 4.74 Å². The van der Waals surface area contributed by atoms with Crippen molar-refractivity contribution in [1.82, 2.24) is 20.1 Å². The van der Waals surface area contributed by atoms with Crippen LogP contribution >= 0.6 is 15.9 Å². The number of piperazine rings is 1. The molecule has 0 saturated carbocycles. The zero-order chi connectivity index (χ0) is 28.0. The summed E-state index contributed by atoms with van der Waals surface area (Å²) in [6.07, 6.45) is 4.16. The third-order valence-corrected chi connectivity index (χ3v) is 9.03. The van der Waals surface area contributed by atoms with Gasteiger partial charge in [0.25, 0.3) is 0 Å². The molecule has 2 aliphatic rings. The molecule has 41 heavy (non-hydrogen) atoms. The first-order chi connectivity index (χ1) is 20.1. The Labute approximate surface area is 252 Å². The summed E-state index contributed by atoms with van der Waals surface area (Å²) >= 11 is 3.54. The second-order valence-corrected chi connectivity index (χ2v) is 12.3. The van der Waals surface area contributed by atoms with E-state index in [1.807, 2.05) is 12.3 Å². The highest BCUT2D eigenvalue weighted by molar-refractivity contribution is 9.10. The van der Waals surface area contributed by atoms with Gasteiger partial charge in [-0.2, -0.15) is 0 Å². The van der Waals surface area contributed by atoms with Crippen molar-refractivity contribution in [2.45, 2.75) is 38.9 Å². The Kier molecular flexibility index (Phi) is 9.16. The van der Waals surface area contributed by atoms with E-state index in [9.17, 15) is 0 Å². The SMILES string of the molecule is Cc1cc(CN2CCN(c3ccc(Br)cc3)CC2)c2cccnc2c1OCNC1CCN(Cc2ccccc2)CC1. The summed E-state index contributed by atoms with van der Waals surface area (Å²) in [5.74, 6) is 0.901. The normalized spacial score (nSPS) is 17.3. The molecule has 2 saturated heterocycles. The van der Waals surface area contributed by atoms with Crippen LogP contribution < -0.4 is 15.0 Å². The number of rotatable bonds is 9. The molecule has 0 unspecified atom stereocenters. The Morgan fingerprint density at radius 2 is 1.59 bits per heavy atom. The van der Waals surface area contributed by atoms with Gasteiger partial charge in [-0.1, -0.05) is 58.4 Å². The lowest BCUT2D eigenvalue weighted by atomic mass is 10.0. The molecule has 0 amide bonds. The van der Waals surface area contributed by atoms with Crippen LogP contribution in [0.5, 0.6) is 5.75 Å². The smallest absolute Gasteiger partial charge is 0.150 e. The van der Waals surface area contributed by atoms with Crippen LogP contribution in [0.15, 0.2) is 83.5 Å². The maximum Gasteiger partial charge on any atom is 0.150 e. The zero-order valence-electron chi connectivity index (χ0n) is 23.9. The predicted molar refractivity (Wildman–Crippen MR) is 171 cm³/mol. The number of fused-ring (bicyclic) bond motifs is 1. The predicted octanol–water partition coefficient (Wildman–Crippen LogP) is 6.22. The van der Waals surface area contributed by atoms with Crippen LogP contribution in [-0.2, 0) is 13.1 Å². The molecule has 0 radical (unpaired) electrons. The van der Waals surface area contributed by atoms with E-state index in [-0.39, 0.29) is 0 Å². The fraction of sp³-hybridized carbons (Fsp3) is 0.382. The topological polar surface area (TPSA) is 43.9 Å². The minimum atomic E-state index is 0.483. The molecule has 1 aromatic heterocycles. The fourth-order valence-electron chi connectivity index (χ4n) is 6.18. The van der Waals surface area contributed by atoms with Crippen LogP contribution in [0, 0.1) is 6.92 Å². The monoisotopic (exact) mass is 613 g/mol. The molecule has 7 heteroatoms. The second kappa shape index (κ2) is 13.3. The van der Waals surface area contributed by atoms with Gasteiger partial charge in [0, 0.05) is 67.1 Å². The van der Waals surface area contributed by atoms with Crippen molar-refractivity contribution in [3.8, 4) is 5.75 Å². The molecule has 0 bridgehead atoms. The molecule has 214 valence electrons. The van der Waals surface area contributed by atoms with Gasteiger partial charge in [0.15, 0.2) is 0 Å². The van der Waals surface area contributed by atoms with Gasteiger partial charge in [0.1, 0.15) is 18.0 Å². The summed E-state index contributed by atoms with van der Waals surface area (Å²) in [4.78, 5) is 12.4. The first kappa shape index (κ1) is 28.2. The highest BCUT2D eigenvalue weighted by Gasteiger charge is 2.21. The van der Waals surface area contributed by atoms with Gasteiger partial charge in [0.05, 0.1) is 0 Å². The summed E-state index contributed by atoms with van der Waals surface area (Å²) in [7, 11) is 0. The number of pyridine rings is 1. The Bertz CT molecular complexity index is 1410. The van der Waals surface area contributed by atoms with Crippen LogP contribution in [0.1, 0.15) is 29.5 Å². The highest BCUT2D eigenvalue weighted by atomic mass is 79.9. The van der Waals surface area contributed by atoms with Gasteiger partial charge < -0.3 is 9.64 Å². The van der Waals surface area contributed by atoms with Gasteiger partial charge in [-0.25, -0.2) is 0 Å². The number of aromatic nitrogens is 1. The molecule has 2 fully saturated rings.